The molecule has 70 valence electrons. The minimum atomic E-state index is 0.922. The van der Waals surface area contributed by atoms with Gasteiger partial charge in [0.05, 0.1) is 0 Å². The highest BCUT2D eigenvalue weighted by molar-refractivity contribution is 4.86. The van der Waals surface area contributed by atoms with E-state index in [9.17, 15) is 0 Å². The molecule has 2 fully saturated rings. The van der Waals surface area contributed by atoms with Crippen LogP contribution in [0.4, 0.5) is 0 Å². The second-order valence-electron chi connectivity index (χ2n) is 4.82. The van der Waals surface area contributed by atoms with E-state index in [4.69, 9.17) is 0 Å². The SMILES string of the molecule is CC1CCC(N(C)C2CCC2)C1. The maximum atomic E-state index is 2.66. The van der Waals surface area contributed by atoms with Crippen LogP contribution in [0.2, 0.25) is 0 Å². The van der Waals surface area contributed by atoms with E-state index in [-0.39, 0.29) is 0 Å². The van der Waals surface area contributed by atoms with Gasteiger partial charge < -0.3 is 4.90 Å². The van der Waals surface area contributed by atoms with Gasteiger partial charge in [-0.1, -0.05) is 13.3 Å². The highest BCUT2D eigenvalue weighted by Gasteiger charge is 2.31. The van der Waals surface area contributed by atoms with Crippen molar-refractivity contribution in [1.82, 2.24) is 4.90 Å². The smallest absolute Gasteiger partial charge is 0.00977 e. The Balaban J connectivity index is 1.83. The maximum Gasteiger partial charge on any atom is 0.00977 e. The van der Waals surface area contributed by atoms with E-state index >= 15 is 0 Å². The lowest BCUT2D eigenvalue weighted by Gasteiger charge is -2.38. The van der Waals surface area contributed by atoms with Gasteiger partial charge in [-0.15, -0.1) is 0 Å². The van der Waals surface area contributed by atoms with Crippen molar-refractivity contribution in [2.75, 3.05) is 7.05 Å². The summed E-state index contributed by atoms with van der Waals surface area (Å²) in [6, 6.07) is 1.87. The summed E-state index contributed by atoms with van der Waals surface area (Å²) < 4.78 is 0. The molecule has 1 nitrogen and oxygen atoms in total. The van der Waals surface area contributed by atoms with Gasteiger partial charge in [0.15, 0.2) is 0 Å². The summed E-state index contributed by atoms with van der Waals surface area (Å²) in [4.78, 5) is 2.66. The summed E-state index contributed by atoms with van der Waals surface area (Å²) >= 11 is 0. The molecule has 2 aliphatic rings. The first-order chi connectivity index (χ1) is 5.77. The summed E-state index contributed by atoms with van der Waals surface area (Å²) in [5, 5.41) is 0. The molecule has 0 aromatic rings. The molecule has 2 aliphatic carbocycles. The van der Waals surface area contributed by atoms with Crippen LogP contribution in [0.25, 0.3) is 0 Å². The minimum absolute atomic E-state index is 0.922. The van der Waals surface area contributed by atoms with E-state index in [2.05, 4.69) is 18.9 Å². The lowest BCUT2D eigenvalue weighted by molar-refractivity contribution is 0.110. The summed E-state index contributed by atoms with van der Waals surface area (Å²) in [6.07, 6.45) is 8.75. The van der Waals surface area contributed by atoms with Crippen LogP contribution in [0.1, 0.15) is 45.4 Å². The minimum Gasteiger partial charge on any atom is -0.300 e. The third-order valence-corrected chi connectivity index (χ3v) is 3.89. The number of nitrogens with zero attached hydrogens (tertiary/aromatic N) is 1. The van der Waals surface area contributed by atoms with Crippen molar-refractivity contribution in [3.63, 3.8) is 0 Å². The zero-order chi connectivity index (χ0) is 8.55. The highest BCUT2D eigenvalue weighted by atomic mass is 15.2. The zero-order valence-electron chi connectivity index (χ0n) is 8.42. The molecule has 0 spiro atoms. The largest absolute Gasteiger partial charge is 0.300 e. The molecule has 2 unspecified atom stereocenters. The zero-order valence-corrected chi connectivity index (χ0v) is 8.42. The Kier molecular flexibility index (Phi) is 2.40. The first-order valence-corrected chi connectivity index (χ1v) is 5.49. The van der Waals surface area contributed by atoms with Gasteiger partial charge in [0.1, 0.15) is 0 Å². The van der Waals surface area contributed by atoms with E-state index < -0.39 is 0 Å². The molecular weight excluding hydrogens is 146 g/mol. The molecule has 0 radical (unpaired) electrons. The van der Waals surface area contributed by atoms with Crippen molar-refractivity contribution in [2.45, 2.75) is 57.5 Å². The van der Waals surface area contributed by atoms with Crippen LogP contribution in [0, 0.1) is 5.92 Å². The predicted molar refractivity (Wildman–Crippen MR) is 52.2 cm³/mol. The molecule has 2 rings (SSSR count). The van der Waals surface area contributed by atoms with Crippen molar-refractivity contribution in [2.24, 2.45) is 5.92 Å². The quantitative estimate of drug-likeness (QED) is 0.611. The van der Waals surface area contributed by atoms with E-state index in [1.54, 1.807) is 0 Å². The third kappa shape index (κ3) is 1.52. The van der Waals surface area contributed by atoms with Gasteiger partial charge in [-0.3, -0.25) is 0 Å². The standard InChI is InChI=1S/C11H21N/c1-9-6-7-11(8-9)12(2)10-4-3-5-10/h9-11H,3-8H2,1-2H3. The fourth-order valence-electron chi connectivity index (χ4n) is 2.64. The van der Waals surface area contributed by atoms with Crippen LogP contribution < -0.4 is 0 Å². The Hall–Kier alpha value is -0.0400. The van der Waals surface area contributed by atoms with Gasteiger partial charge in [0.2, 0.25) is 0 Å². The Bertz CT molecular complexity index is 151. The van der Waals surface area contributed by atoms with Crippen molar-refractivity contribution >= 4 is 0 Å². The van der Waals surface area contributed by atoms with Gasteiger partial charge in [-0.05, 0) is 45.1 Å². The fraction of sp³-hybridized carbons (Fsp3) is 1.00. The van der Waals surface area contributed by atoms with Crippen LogP contribution in [-0.4, -0.2) is 24.0 Å². The Morgan fingerprint density at radius 3 is 2.17 bits per heavy atom. The van der Waals surface area contributed by atoms with E-state index in [0.29, 0.717) is 0 Å². The van der Waals surface area contributed by atoms with Gasteiger partial charge in [0, 0.05) is 12.1 Å². The Morgan fingerprint density at radius 1 is 1.00 bits per heavy atom. The Morgan fingerprint density at radius 2 is 1.75 bits per heavy atom. The molecule has 0 aromatic carbocycles. The molecule has 0 saturated heterocycles. The molecule has 2 atom stereocenters. The average molecular weight is 167 g/mol. The predicted octanol–water partition coefficient (Wildman–Crippen LogP) is 2.66. The Labute approximate surface area is 76.1 Å². The van der Waals surface area contributed by atoms with Gasteiger partial charge >= 0.3 is 0 Å². The molecule has 0 aromatic heterocycles. The number of hydrogen-bond acceptors (Lipinski definition) is 1. The fourth-order valence-corrected chi connectivity index (χ4v) is 2.64. The van der Waals surface area contributed by atoms with Crippen molar-refractivity contribution in [1.29, 1.82) is 0 Å². The molecule has 1 heteroatoms. The lowest BCUT2D eigenvalue weighted by atomic mass is 9.90. The molecule has 12 heavy (non-hydrogen) atoms. The van der Waals surface area contributed by atoms with Gasteiger partial charge in [0.25, 0.3) is 0 Å². The van der Waals surface area contributed by atoms with Crippen LogP contribution in [0.5, 0.6) is 0 Å². The number of hydrogen-bond donors (Lipinski definition) is 0. The first kappa shape index (κ1) is 8.55. The topological polar surface area (TPSA) is 3.24 Å². The van der Waals surface area contributed by atoms with Crippen molar-refractivity contribution < 1.29 is 0 Å². The second kappa shape index (κ2) is 3.37. The lowest BCUT2D eigenvalue weighted by Crippen LogP contribution is -2.42. The molecule has 0 bridgehead atoms. The van der Waals surface area contributed by atoms with E-state index in [1.807, 2.05) is 0 Å². The molecule has 0 amide bonds. The van der Waals surface area contributed by atoms with Crippen LogP contribution in [0.15, 0.2) is 0 Å². The van der Waals surface area contributed by atoms with Crippen LogP contribution in [0.3, 0.4) is 0 Å². The molecular formula is C11H21N. The summed E-state index contributed by atoms with van der Waals surface area (Å²) in [6.45, 7) is 2.40. The first-order valence-electron chi connectivity index (χ1n) is 5.49. The molecule has 0 aliphatic heterocycles. The summed E-state index contributed by atoms with van der Waals surface area (Å²) in [7, 11) is 2.34. The third-order valence-electron chi connectivity index (χ3n) is 3.89. The monoisotopic (exact) mass is 167 g/mol. The van der Waals surface area contributed by atoms with Crippen LogP contribution in [-0.2, 0) is 0 Å². The number of rotatable bonds is 2. The van der Waals surface area contributed by atoms with Crippen molar-refractivity contribution in [3.05, 3.63) is 0 Å². The normalized spacial score (nSPS) is 37.2. The van der Waals surface area contributed by atoms with Gasteiger partial charge in [-0.2, -0.15) is 0 Å². The summed E-state index contributed by atoms with van der Waals surface area (Å²) in [5.41, 5.74) is 0. The van der Waals surface area contributed by atoms with Crippen molar-refractivity contribution in [3.8, 4) is 0 Å². The highest BCUT2D eigenvalue weighted by Crippen LogP contribution is 2.33. The summed E-state index contributed by atoms with van der Waals surface area (Å²) in [5.74, 6) is 0.984. The molecule has 0 heterocycles. The van der Waals surface area contributed by atoms with E-state index in [0.717, 1.165) is 18.0 Å². The van der Waals surface area contributed by atoms with Crippen LogP contribution >= 0.6 is 0 Å². The molecule has 0 N–H and O–H groups in total. The maximum absolute atomic E-state index is 2.66. The average Bonchev–Trinajstić information content (AvgIpc) is 2.31. The second-order valence-corrected chi connectivity index (χ2v) is 4.82. The molecule has 2 saturated carbocycles. The van der Waals surface area contributed by atoms with E-state index in [1.165, 1.54) is 38.5 Å². The van der Waals surface area contributed by atoms with Gasteiger partial charge in [-0.25, -0.2) is 0 Å².